The van der Waals surface area contributed by atoms with E-state index < -0.39 is 11.5 Å². The highest BCUT2D eigenvalue weighted by molar-refractivity contribution is 8.01. The van der Waals surface area contributed by atoms with Crippen LogP contribution in [0, 0.1) is 0 Å². The maximum absolute atomic E-state index is 10.7. The van der Waals surface area contributed by atoms with Gasteiger partial charge in [-0.2, -0.15) is 0 Å². The monoisotopic (exact) mass is 231 g/mol. The Labute approximate surface area is 91.3 Å². The molecule has 3 N–H and O–H groups in total. The number of thioether (sulfide) groups is 1. The van der Waals surface area contributed by atoms with E-state index in [1.807, 2.05) is 17.5 Å². The van der Waals surface area contributed by atoms with Crippen molar-refractivity contribution in [1.82, 2.24) is 0 Å². The second kappa shape index (κ2) is 4.82. The number of nitrogens with two attached hydrogens (primary N) is 1. The number of rotatable bonds is 5. The quantitative estimate of drug-likeness (QED) is 0.761. The van der Waals surface area contributed by atoms with Crippen molar-refractivity contribution in [2.45, 2.75) is 23.1 Å². The Morgan fingerprint density at radius 2 is 2.50 bits per heavy atom. The third-order valence-electron chi connectivity index (χ3n) is 1.85. The SMILES string of the molecule is CC(N)(CCSc1cccs1)C(=O)O. The fourth-order valence-electron chi connectivity index (χ4n) is 0.816. The number of carbonyl (C=O) groups is 1. The van der Waals surface area contributed by atoms with Crippen LogP contribution in [0.3, 0.4) is 0 Å². The maximum Gasteiger partial charge on any atom is 0.323 e. The molecule has 1 aromatic rings. The fourth-order valence-corrected chi connectivity index (χ4v) is 2.86. The molecule has 0 aliphatic carbocycles. The zero-order valence-electron chi connectivity index (χ0n) is 7.90. The third kappa shape index (κ3) is 3.32. The van der Waals surface area contributed by atoms with Crippen LogP contribution in [-0.4, -0.2) is 22.4 Å². The molecular formula is C9H13NO2S2. The van der Waals surface area contributed by atoms with Crippen molar-refractivity contribution in [3.63, 3.8) is 0 Å². The first-order valence-electron chi connectivity index (χ1n) is 4.21. The Bertz CT molecular complexity index is 296. The lowest BCUT2D eigenvalue weighted by atomic mass is 10.0. The molecule has 0 saturated carbocycles. The summed E-state index contributed by atoms with van der Waals surface area (Å²) in [5, 5.41) is 10.8. The number of hydrogen-bond donors (Lipinski definition) is 2. The molecule has 0 aliphatic heterocycles. The van der Waals surface area contributed by atoms with Gasteiger partial charge in [-0.3, -0.25) is 4.79 Å². The molecule has 0 aromatic carbocycles. The molecule has 1 atom stereocenters. The summed E-state index contributed by atoms with van der Waals surface area (Å²) in [6.07, 6.45) is 0.477. The average Bonchev–Trinajstić information content (AvgIpc) is 2.56. The number of thiophene rings is 1. The summed E-state index contributed by atoms with van der Waals surface area (Å²) in [6, 6.07) is 4.00. The van der Waals surface area contributed by atoms with E-state index >= 15 is 0 Å². The first-order valence-corrected chi connectivity index (χ1v) is 6.07. The van der Waals surface area contributed by atoms with Crippen LogP contribution in [-0.2, 0) is 4.79 Å². The molecule has 0 spiro atoms. The van der Waals surface area contributed by atoms with Gasteiger partial charge in [0.25, 0.3) is 0 Å². The standard InChI is InChI=1S/C9H13NO2S2/c1-9(10,8(11)12)4-6-14-7-3-2-5-13-7/h2-3,5H,4,6,10H2,1H3,(H,11,12). The predicted molar refractivity (Wildman–Crippen MR) is 59.9 cm³/mol. The summed E-state index contributed by atoms with van der Waals surface area (Å²) in [5.74, 6) is -0.205. The molecule has 1 unspecified atom stereocenters. The van der Waals surface area contributed by atoms with E-state index in [4.69, 9.17) is 10.8 Å². The molecule has 3 nitrogen and oxygen atoms in total. The summed E-state index contributed by atoms with van der Waals surface area (Å²) < 4.78 is 1.20. The minimum Gasteiger partial charge on any atom is -0.480 e. The molecule has 78 valence electrons. The summed E-state index contributed by atoms with van der Waals surface area (Å²) in [7, 11) is 0. The highest BCUT2D eigenvalue weighted by Crippen LogP contribution is 2.25. The van der Waals surface area contributed by atoms with Gasteiger partial charge in [0.1, 0.15) is 5.54 Å². The lowest BCUT2D eigenvalue weighted by molar-refractivity contribution is -0.142. The Kier molecular flexibility index (Phi) is 3.97. The van der Waals surface area contributed by atoms with E-state index in [1.165, 1.54) is 4.21 Å². The molecule has 0 radical (unpaired) electrons. The van der Waals surface area contributed by atoms with Gasteiger partial charge in [0.15, 0.2) is 0 Å². The van der Waals surface area contributed by atoms with Gasteiger partial charge in [0, 0.05) is 5.75 Å². The first kappa shape index (κ1) is 11.6. The lowest BCUT2D eigenvalue weighted by Gasteiger charge is -2.17. The average molecular weight is 231 g/mol. The second-order valence-electron chi connectivity index (χ2n) is 3.25. The van der Waals surface area contributed by atoms with Gasteiger partial charge in [0.05, 0.1) is 4.21 Å². The summed E-state index contributed by atoms with van der Waals surface area (Å²) >= 11 is 3.30. The highest BCUT2D eigenvalue weighted by atomic mass is 32.2. The Morgan fingerprint density at radius 3 is 3.00 bits per heavy atom. The van der Waals surface area contributed by atoms with Gasteiger partial charge < -0.3 is 10.8 Å². The van der Waals surface area contributed by atoms with Crippen LogP contribution in [0.4, 0.5) is 0 Å². The van der Waals surface area contributed by atoms with Crippen molar-refractivity contribution < 1.29 is 9.90 Å². The van der Waals surface area contributed by atoms with Crippen molar-refractivity contribution >= 4 is 29.1 Å². The fraction of sp³-hybridized carbons (Fsp3) is 0.444. The normalized spacial score (nSPS) is 15.0. The molecule has 0 amide bonds. The molecule has 5 heteroatoms. The van der Waals surface area contributed by atoms with E-state index in [9.17, 15) is 4.79 Å². The minimum absolute atomic E-state index is 0.477. The van der Waals surface area contributed by atoms with E-state index in [1.54, 1.807) is 30.0 Å². The second-order valence-corrected chi connectivity index (χ2v) is 5.60. The number of carboxylic acids is 1. The molecule has 1 rings (SSSR count). The van der Waals surface area contributed by atoms with Crippen LogP contribution in [0.2, 0.25) is 0 Å². The van der Waals surface area contributed by atoms with Crippen molar-refractivity contribution in [3.8, 4) is 0 Å². The zero-order chi connectivity index (χ0) is 10.6. The Hall–Kier alpha value is -0.520. The number of aliphatic carboxylic acids is 1. The van der Waals surface area contributed by atoms with Gasteiger partial charge in [-0.1, -0.05) is 6.07 Å². The molecule has 14 heavy (non-hydrogen) atoms. The van der Waals surface area contributed by atoms with Crippen LogP contribution in [0.1, 0.15) is 13.3 Å². The van der Waals surface area contributed by atoms with Crippen molar-refractivity contribution in [3.05, 3.63) is 17.5 Å². The van der Waals surface area contributed by atoms with E-state index in [2.05, 4.69) is 0 Å². The van der Waals surface area contributed by atoms with Crippen molar-refractivity contribution in [2.24, 2.45) is 5.73 Å². The summed E-state index contributed by atoms with van der Waals surface area (Å²) in [5.41, 5.74) is 4.48. The van der Waals surface area contributed by atoms with Crippen LogP contribution in [0.5, 0.6) is 0 Å². The Balaban J connectivity index is 2.31. The summed E-state index contributed by atoms with van der Waals surface area (Å²) in [4.78, 5) is 10.7. The smallest absolute Gasteiger partial charge is 0.323 e. The van der Waals surface area contributed by atoms with Crippen LogP contribution >= 0.6 is 23.1 Å². The first-order chi connectivity index (χ1) is 6.52. The molecule has 0 fully saturated rings. The molecule has 0 bridgehead atoms. The number of hydrogen-bond acceptors (Lipinski definition) is 4. The van der Waals surface area contributed by atoms with Gasteiger partial charge in [0.2, 0.25) is 0 Å². The zero-order valence-corrected chi connectivity index (χ0v) is 9.53. The molecular weight excluding hydrogens is 218 g/mol. The van der Waals surface area contributed by atoms with Gasteiger partial charge >= 0.3 is 5.97 Å². The van der Waals surface area contributed by atoms with Gasteiger partial charge in [-0.15, -0.1) is 23.1 Å². The van der Waals surface area contributed by atoms with Gasteiger partial charge in [-0.25, -0.2) is 0 Å². The minimum atomic E-state index is -1.11. The van der Waals surface area contributed by atoms with Crippen LogP contribution < -0.4 is 5.73 Å². The van der Waals surface area contributed by atoms with Crippen molar-refractivity contribution in [1.29, 1.82) is 0 Å². The topological polar surface area (TPSA) is 63.3 Å². The maximum atomic E-state index is 10.7. The predicted octanol–water partition coefficient (Wildman–Crippen LogP) is 2.03. The number of carboxylic acid groups (broad SMARTS) is 1. The van der Waals surface area contributed by atoms with Crippen LogP contribution in [0.15, 0.2) is 21.7 Å². The lowest BCUT2D eigenvalue weighted by Crippen LogP contribution is -2.45. The molecule has 0 aliphatic rings. The highest BCUT2D eigenvalue weighted by Gasteiger charge is 2.27. The largest absolute Gasteiger partial charge is 0.480 e. The molecule has 1 aromatic heterocycles. The molecule has 0 saturated heterocycles. The van der Waals surface area contributed by atoms with Crippen LogP contribution in [0.25, 0.3) is 0 Å². The summed E-state index contributed by atoms with van der Waals surface area (Å²) in [6.45, 7) is 1.55. The Morgan fingerprint density at radius 1 is 1.79 bits per heavy atom. The molecule has 1 heterocycles. The van der Waals surface area contributed by atoms with Gasteiger partial charge in [-0.05, 0) is 24.8 Å². The van der Waals surface area contributed by atoms with E-state index in [0.717, 1.165) is 5.75 Å². The van der Waals surface area contributed by atoms with E-state index in [0.29, 0.717) is 6.42 Å². The third-order valence-corrected chi connectivity index (χ3v) is 3.98. The van der Waals surface area contributed by atoms with E-state index in [-0.39, 0.29) is 0 Å². The van der Waals surface area contributed by atoms with Crippen molar-refractivity contribution in [2.75, 3.05) is 5.75 Å².